The van der Waals surface area contributed by atoms with E-state index in [9.17, 15) is 19.5 Å². The van der Waals surface area contributed by atoms with Crippen molar-refractivity contribution in [2.75, 3.05) is 13.2 Å². The highest BCUT2D eigenvalue weighted by atomic mass is 16.6. The molecule has 146 valence electrons. The van der Waals surface area contributed by atoms with E-state index in [2.05, 4.69) is 0 Å². The molecule has 7 heteroatoms. The number of primary amides is 1. The van der Waals surface area contributed by atoms with Crippen LogP contribution < -0.4 is 5.73 Å². The quantitative estimate of drug-likeness (QED) is 0.765. The Hall–Kier alpha value is -3.35. The van der Waals surface area contributed by atoms with Gasteiger partial charge in [0, 0.05) is 5.92 Å². The maximum Gasteiger partial charge on any atom is 0.411 e. The molecular formula is C21H22N2O5. The zero-order chi connectivity index (χ0) is 20.3. The van der Waals surface area contributed by atoms with E-state index in [0.717, 1.165) is 27.2 Å². The second-order valence-corrected chi connectivity index (χ2v) is 6.66. The number of carbonyl (C=O) groups is 3. The van der Waals surface area contributed by atoms with Crippen molar-refractivity contribution in [1.82, 2.24) is 4.90 Å². The first-order chi connectivity index (χ1) is 13.4. The van der Waals surface area contributed by atoms with Gasteiger partial charge in [0.1, 0.15) is 19.2 Å². The average Bonchev–Trinajstić information content (AvgIpc) is 2.99. The van der Waals surface area contributed by atoms with Gasteiger partial charge in [0.2, 0.25) is 5.91 Å². The van der Waals surface area contributed by atoms with Crippen LogP contribution >= 0.6 is 0 Å². The molecule has 0 saturated heterocycles. The molecule has 7 nitrogen and oxygen atoms in total. The van der Waals surface area contributed by atoms with Crippen molar-refractivity contribution in [2.45, 2.75) is 25.3 Å². The summed E-state index contributed by atoms with van der Waals surface area (Å²) in [7, 11) is 0. The van der Waals surface area contributed by atoms with Gasteiger partial charge >= 0.3 is 12.1 Å². The summed E-state index contributed by atoms with van der Waals surface area (Å²) in [6, 6.07) is 14.6. The molecule has 0 heterocycles. The number of carboxylic acid groups (broad SMARTS) is 1. The third kappa shape index (κ3) is 3.69. The summed E-state index contributed by atoms with van der Waals surface area (Å²) in [6.07, 6.45) is -0.734. The topological polar surface area (TPSA) is 110 Å². The predicted octanol–water partition coefficient (Wildman–Crippen LogP) is 2.59. The minimum absolute atomic E-state index is 0.0399. The van der Waals surface area contributed by atoms with Gasteiger partial charge in [-0.05, 0) is 28.7 Å². The first kappa shape index (κ1) is 19.4. The minimum atomic E-state index is -1.21. The van der Waals surface area contributed by atoms with E-state index >= 15 is 0 Å². The average molecular weight is 382 g/mol. The lowest BCUT2D eigenvalue weighted by atomic mass is 9.98. The number of fused-ring (bicyclic) bond motifs is 3. The van der Waals surface area contributed by atoms with E-state index in [1.807, 2.05) is 48.5 Å². The SMILES string of the molecule is CCC(C(=O)O)N(CC(N)=O)C(=O)OCC1c2ccccc2-c2ccccc21. The third-order valence-corrected chi connectivity index (χ3v) is 4.94. The maximum atomic E-state index is 12.6. The fourth-order valence-corrected chi connectivity index (χ4v) is 3.68. The lowest BCUT2D eigenvalue weighted by Gasteiger charge is -2.27. The number of carbonyl (C=O) groups excluding carboxylic acids is 2. The number of nitrogens with zero attached hydrogens (tertiary/aromatic N) is 1. The van der Waals surface area contributed by atoms with Gasteiger partial charge in [-0.15, -0.1) is 0 Å². The van der Waals surface area contributed by atoms with Crippen LogP contribution in [-0.2, 0) is 14.3 Å². The van der Waals surface area contributed by atoms with Gasteiger partial charge in [0.25, 0.3) is 0 Å². The molecule has 0 spiro atoms. The van der Waals surface area contributed by atoms with E-state index in [-0.39, 0.29) is 18.9 Å². The van der Waals surface area contributed by atoms with E-state index < -0.39 is 30.6 Å². The Balaban J connectivity index is 1.81. The summed E-state index contributed by atoms with van der Waals surface area (Å²) in [5, 5.41) is 9.34. The van der Waals surface area contributed by atoms with Gasteiger partial charge in [0.05, 0.1) is 0 Å². The van der Waals surface area contributed by atoms with Crippen LogP contribution in [-0.4, -0.2) is 47.2 Å². The zero-order valence-corrected chi connectivity index (χ0v) is 15.5. The third-order valence-electron chi connectivity index (χ3n) is 4.94. The van der Waals surface area contributed by atoms with Crippen LogP contribution in [0.4, 0.5) is 4.79 Å². The van der Waals surface area contributed by atoms with Gasteiger partial charge in [-0.1, -0.05) is 55.5 Å². The maximum absolute atomic E-state index is 12.6. The highest BCUT2D eigenvalue weighted by Gasteiger charge is 2.33. The molecule has 1 atom stereocenters. The number of ether oxygens (including phenoxy) is 1. The van der Waals surface area contributed by atoms with Gasteiger partial charge in [-0.25, -0.2) is 9.59 Å². The second kappa shape index (κ2) is 8.12. The number of aliphatic carboxylic acids is 1. The van der Waals surface area contributed by atoms with Crippen LogP contribution in [0, 0.1) is 0 Å². The van der Waals surface area contributed by atoms with Crippen molar-refractivity contribution in [3.8, 4) is 11.1 Å². The van der Waals surface area contributed by atoms with E-state index in [1.54, 1.807) is 6.92 Å². The van der Waals surface area contributed by atoms with Crippen molar-refractivity contribution in [2.24, 2.45) is 5.73 Å². The molecule has 0 saturated carbocycles. The van der Waals surface area contributed by atoms with Gasteiger partial charge < -0.3 is 15.6 Å². The smallest absolute Gasteiger partial charge is 0.411 e. The van der Waals surface area contributed by atoms with Gasteiger partial charge in [-0.3, -0.25) is 9.69 Å². The molecule has 1 unspecified atom stereocenters. The molecule has 1 aliphatic rings. The highest BCUT2D eigenvalue weighted by Crippen LogP contribution is 2.44. The molecular weight excluding hydrogens is 360 g/mol. The molecule has 0 aliphatic heterocycles. The van der Waals surface area contributed by atoms with E-state index in [1.165, 1.54) is 0 Å². The Morgan fingerprint density at radius 2 is 1.61 bits per heavy atom. The molecule has 28 heavy (non-hydrogen) atoms. The van der Waals surface area contributed by atoms with Crippen LogP contribution in [0.1, 0.15) is 30.4 Å². The number of hydrogen-bond acceptors (Lipinski definition) is 4. The number of hydrogen-bond donors (Lipinski definition) is 2. The van der Waals surface area contributed by atoms with Gasteiger partial charge in [-0.2, -0.15) is 0 Å². The molecule has 0 radical (unpaired) electrons. The minimum Gasteiger partial charge on any atom is -0.480 e. The number of carboxylic acids is 1. The summed E-state index contributed by atoms with van der Waals surface area (Å²) in [5.74, 6) is -2.16. The zero-order valence-electron chi connectivity index (χ0n) is 15.5. The standard InChI is InChI=1S/C21H22N2O5/c1-2-18(20(25)26)23(11-19(22)24)21(27)28-12-17-15-9-5-3-7-13(15)14-8-4-6-10-16(14)17/h3-10,17-18H,2,11-12H2,1H3,(H2,22,24)(H,25,26). The number of amides is 2. The van der Waals surface area contributed by atoms with E-state index in [0.29, 0.717) is 0 Å². The summed E-state index contributed by atoms with van der Waals surface area (Å²) in [5.41, 5.74) is 9.45. The lowest BCUT2D eigenvalue weighted by molar-refractivity contribution is -0.143. The molecule has 0 fully saturated rings. The predicted molar refractivity (Wildman–Crippen MR) is 103 cm³/mol. The summed E-state index contributed by atoms with van der Waals surface area (Å²) >= 11 is 0. The normalized spacial score (nSPS) is 13.3. The van der Waals surface area contributed by atoms with Crippen LogP contribution in [0.25, 0.3) is 11.1 Å². The van der Waals surface area contributed by atoms with Crippen molar-refractivity contribution in [3.05, 3.63) is 59.7 Å². The monoisotopic (exact) mass is 382 g/mol. The fraction of sp³-hybridized carbons (Fsp3) is 0.286. The Kier molecular flexibility index (Phi) is 5.63. The summed E-state index contributed by atoms with van der Waals surface area (Å²) in [4.78, 5) is 36.2. The highest BCUT2D eigenvalue weighted by molar-refractivity contribution is 5.85. The number of rotatable bonds is 7. The summed E-state index contributed by atoms with van der Waals surface area (Å²) in [6.45, 7) is 1.14. The molecule has 2 aromatic rings. The van der Waals surface area contributed by atoms with Crippen molar-refractivity contribution >= 4 is 18.0 Å². The lowest BCUT2D eigenvalue weighted by Crippen LogP contribution is -2.49. The fourth-order valence-electron chi connectivity index (χ4n) is 3.68. The van der Waals surface area contributed by atoms with E-state index in [4.69, 9.17) is 10.5 Å². The molecule has 2 aromatic carbocycles. The molecule has 1 aliphatic carbocycles. The van der Waals surface area contributed by atoms with Crippen LogP contribution in [0.15, 0.2) is 48.5 Å². The number of nitrogens with two attached hydrogens (primary N) is 1. The van der Waals surface area contributed by atoms with Crippen molar-refractivity contribution in [1.29, 1.82) is 0 Å². The first-order valence-corrected chi connectivity index (χ1v) is 9.06. The van der Waals surface area contributed by atoms with Crippen molar-refractivity contribution < 1.29 is 24.2 Å². The largest absolute Gasteiger partial charge is 0.480 e. The van der Waals surface area contributed by atoms with Crippen LogP contribution in [0.3, 0.4) is 0 Å². The molecule has 0 aromatic heterocycles. The Morgan fingerprint density at radius 3 is 2.07 bits per heavy atom. The van der Waals surface area contributed by atoms with Crippen molar-refractivity contribution in [3.63, 3.8) is 0 Å². The molecule has 2 amide bonds. The van der Waals surface area contributed by atoms with Gasteiger partial charge in [0.15, 0.2) is 0 Å². The van der Waals surface area contributed by atoms with Crippen LogP contribution in [0.2, 0.25) is 0 Å². The van der Waals surface area contributed by atoms with Crippen LogP contribution in [0.5, 0.6) is 0 Å². The Morgan fingerprint density at radius 1 is 1.07 bits per heavy atom. The number of benzene rings is 2. The second-order valence-electron chi connectivity index (χ2n) is 6.66. The molecule has 0 bridgehead atoms. The first-order valence-electron chi connectivity index (χ1n) is 9.06. The summed E-state index contributed by atoms with van der Waals surface area (Å²) < 4.78 is 5.45. The molecule has 3 N–H and O–H groups in total. The Bertz CT molecular complexity index is 866. The molecule has 3 rings (SSSR count). The Labute approximate surface area is 162 Å².